The van der Waals surface area contributed by atoms with E-state index in [1.807, 2.05) is 13.1 Å². The highest BCUT2D eigenvalue weighted by molar-refractivity contribution is 5.40. The molecule has 0 amide bonds. The molecule has 19 heavy (non-hydrogen) atoms. The zero-order valence-electron chi connectivity index (χ0n) is 11.6. The van der Waals surface area contributed by atoms with Gasteiger partial charge in [0.05, 0.1) is 0 Å². The molecule has 2 rings (SSSR count). The molecule has 1 fully saturated rings. The van der Waals surface area contributed by atoms with E-state index in [1.165, 1.54) is 19.3 Å². The van der Waals surface area contributed by atoms with Gasteiger partial charge in [-0.2, -0.15) is 0 Å². The van der Waals surface area contributed by atoms with E-state index < -0.39 is 0 Å². The van der Waals surface area contributed by atoms with Gasteiger partial charge in [0.25, 0.3) is 0 Å². The highest BCUT2D eigenvalue weighted by atomic mass is 16.3. The Hall–Kier alpha value is -1.26. The second-order valence-electron chi connectivity index (χ2n) is 5.43. The number of nitrogens with one attached hydrogen (secondary N) is 1. The molecule has 1 aromatic rings. The van der Waals surface area contributed by atoms with Crippen molar-refractivity contribution >= 4 is 0 Å². The van der Waals surface area contributed by atoms with Crippen LogP contribution < -0.4 is 5.32 Å². The van der Waals surface area contributed by atoms with Crippen LogP contribution in [-0.2, 0) is 6.54 Å². The van der Waals surface area contributed by atoms with Crippen LogP contribution in [-0.4, -0.2) is 41.8 Å². The van der Waals surface area contributed by atoms with Crippen molar-refractivity contribution in [2.24, 2.45) is 5.92 Å². The molecule has 1 aliphatic rings. The highest BCUT2D eigenvalue weighted by Crippen LogP contribution is 2.27. The Morgan fingerprint density at radius 1 is 1.21 bits per heavy atom. The summed E-state index contributed by atoms with van der Waals surface area (Å²) in [6, 6.07) is 5.09. The smallest absolute Gasteiger partial charge is 0.157 e. The molecule has 1 heterocycles. The van der Waals surface area contributed by atoms with Crippen LogP contribution in [0.5, 0.6) is 11.5 Å². The average molecular weight is 264 g/mol. The third-order valence-electron chi connectivity index (χ3n) is 3.96. The van der Waals surface area contributed by atoms with Crippen LogP contribution in [0.15, 0.2) is 18.2 Å². The third kappa shape index (κ3) is 4.11. The largest absolute Gasteiger partial charge is 0.504 e. The van der Waals surface area contributed by atoms with Crippen LogP contribution in [0.1, 0.15) is 24.8 Å². The lowest BCUT2D eigenvalue weighted by atomic mass is 9.93. The molecule has 0 aliphatic carbocycles. The first-order valence-corrected chi connectivity index (χ1v) is 7.07. The Bertz CT molecular complexity index is 401. The lowest BCUT2D eigenvalue weighted by Gasteiger charge is -2.32. The molecule has 0 spiro atoms. The number of likely N-dealkylation sites (tertiary alicyclic amines) is 1. The Morgan fingerprint density at radius 3 is 2.58 bits per heavy atom. The van der Waals surface area contributed by atoms with Gasteiger partial charge in [-0.05, 0) is 69.6 Å². The number of benzene rings is 1. The van der Waals surface area contributed by atoms with Gasteiger partial charge in [-0.1, -0.05) is 6.07 Å². The van der Waals surface area contributed by atoms with Crippen LogP contribution in [0.25, 0.3) is 0 Å². The number of phenolic OH excluding ortho intramolecular Hbond substituents is 2. The molecule has 0 radical (unpaired) electrons. The van der Waals surface area contributed by atoms with Gasteiger partial charge in [-0.25, -0.2) is 0 Å². The topological polar surface area (TPSA) is 55.7 Å². The minimum absolute atomic E-state index is 0.0265. The van der Waals surface area contributed by atoms with Crippen LogP contribution >= 0.6 is 0 Å². The van der Waals surface area contributed by atoms with Crippen LogP contribution in [0.2, 0.25) is 0 Å². The summed E-state index contributed by atoms with van der Waals surface area (Å²) in [5, 5.41) is 22.0. The summed E-state index contributed by atoms with van der Waals surface area (Å²) in [6.45, 7) is 4.20. The van der Waals surface area contributed by atoms with Gasteiger partial charge < -0.3 is 15.5 Å². The zero-order valence-corrected chi connectivity index (χ0v) is 11.6. The van der Waals surface area contributed by atoms with E-state index in [1.54, 1.807) is 12.1 Å². The standard InChI is InChI=1S/C15H24N2O2/c1-16-7-4-12-5-8-17(9-6-12)11-13-2-3-14(18)15(19)10-13/h2-3,10,12,16,18-19H,4-9,11H2,1H3. The van der Waals surface area contributed by atoms with E-state index in [9.17, 15) is 10.2 Å². The van der Waals surface area contributed by atoms with Gasteiger partial charge in [0.15, 0.2) is 11.5 Å². The molecule has 0 saturated carbocycles. The second-order valence-corrected chi connectivity index (χ2v) is 5.43. The third-order valence-corrected chi connectivity index (χ3v) is 3.96. The molecule has 1 aliphatic heterocycles. The van der Waals surface area contributed by atoms with Crippen molar-refractivity contribution in [2.45, 2.75) is 25.8 Å². The number of hydrogen-bond donors (Lipinski definition) is 3. The monoisotopic (exact) mass is 264 g/mol. The molecule has 4 nitrogen and oxygen atoms in total. The van der Waals surface area contributed by atoms with E-state index in [0.717, 1.165) is 37.7 Å². The predicted octanol–water partition coefficient (Wildman–Crippen LogP) is 1.92. The van der Waals surface area contributed by atoms with Crippen molar-refractivity contribution in [1.29, 1.82) is 0 Å². The first kappa shape index (κ1) is 14.2. The molecule has 0 unspecified atom stereocenters. The molecule has 106 valence electrons. The molecule has 3 N–H and O–H groups in total. The van der Waals surface area contributed by atoms with Crippen molar-refractivity contribution in [2.75, 3.05) is 26.7 Å². The zero-order chi connectivity index (χ0) is 13.7. The van der Waals surface area contributed by atoms with E-state index in [4.69, 9.17) is 0 Å². The van der Waals surface area contributed by atoms with Gasteiger partial charge in [-0.15, -0.1) is 0 Å². The van der Waals surface area contributed by atoms with E-state index >= 15 is 0 Å². The van der Waals surface area contributed by atoms with Crippen LogP contribution in [0.4, 0.5) is 0 Å². The van der Waals surface area contributed by atoms with Crippen LogP contribution in [0, 0.1) is 5.92 Å². The fourth-order valence-corrected chi connectivity index (χ4v) is 2.71. The average Bonchev–Trinajstić information content (AvgIpc) is 2.42. The minimum atomic E-state index is -0.0467. The van der Waals surface area contributed by atoms with Crippen molar-refractivity contribution in [3.63, 3.8) is 0 Å². The Balaban J connectivity index is 1.80. The summed E-state index contributed by atoms with van der Waals surface area (Å²) in [4.78, 5) is 2.42. The van der Waals surface area contributed by atoms with Gasteiger partial charge in [0, 0.05) is 6.54 Å². The summed E-state index contributed by atoms with van der Waals surface area (Å²) < 4.78 is 0. The maximum Gasteiger partial charge on any atom is 0.157 e. The quantitative estimate of drug-likeness (QED) is 0.711. The normalized spacial score (nSPS) is 17.7. The molecule has 4 heteroatoms. The maximum atomic E-state index is 9.49. The summed E-state index contributed by atoms with van der Waals surface area (Å²) in [5.74, 6) is 0.771. The number of phenols is 2. The van der Waals surface area contributed by atoms with Gasteiger partial charge in [0.1, 0.15) is 0 Å². The molecular weight excluding hydrogens is 240 g/mol. The highest BCUT2D eigenvalue weighted by Gasteiger charge is 2.18. The first-order valence-electron chi connectivity index (χ1n) is 7.07. The van der Waals surface area contributed by atoms with Crippen molar-refractivity contribution < 1.29 is 10.2 Å². The predicted molar refractivity (Wildman–Crippen MR) is 76.3 cm³/mol. The van der Waals surface area contributed by atoms with Crippen molar-refractivity contribution in [1.82, 2.24) is 10.2 Å². The van der Waals surface area contributed by atoms with Gasteiger partial charge in [0.2, 0.25) is 0 Å². The molecule has 0 bridgehead atoms. The lowest BCUT2D eigenvalue weighted by molar-refractivity contribution is 0.172. The van der Waals surface area contributed by atoms with E-state index in [0.29, 0.717) is 0 Å². The summed E-state index contributed by atoms with van der Waals surface area (Å²) in [5.41, 5.74) is 1.06. The number of aromatic hydroxyl groups is 2. The number of piperidine rings is 1. The summed E-state index contributed by atoms with van der Waals surface area (Å²) in [7, 11) is 2.01. The Kier molecular flexibility index (Phi) is 5.05. The fraction of sp³-hybridized carbons (Fsp3) is 0.600. The molecule has 1 saturated heterocycles. The second kappa shape index (κ2) is 6.78. The number of nitrogens with zero attached hydrogens (tertiary/aromatic N) is 1. The van der Waals surface area contributed by atoms with Crippen molar-refractivity contribution in [3.05, 3.63) is 23.8 Å². The fourth-order valence-electron chi connectivity index (χ4n) is 2.71. The maximum absolute atomic E-state index is 9.49. The lowest BCUT2D eigenvalue weighted by Crippen LogP contribution is -2.34. The minimum Gasteiger partial charge on any atom is -0.504 e. The SMILES string of the molecule is CNCCC1CCN(Cc2ccc(O)c(O)c2)CC1. The van der Waals surface area contributed by atoms with Crippen molar-refractivity contribution in [3.8, 4) is 11.5 Å². The summed E-state index contributed by atoms with van der Waals surface area (Å²) >= 11 is 0. The van der Waals surface area contributed by atoms with Crippen LogP contribution in [0.3, 0.4) is 0 Å². The number of rotatable bonds is 5. The van der Waals surface area contributed by atoms with Gasteiger partial charge >= 0.3 is 0 Å². The van der Waals surface area contributed by atoms with Gasteiger partial charge in [-0.3, -0.25) is 4.90 Å². The number of hydrogen-bond acceptors (Lipinski definition) is 4. The summed E-state index contributed by atoms with van der Waals surface area (Å²) in [6.07, 6.45) is 3.78. The molecule has 0 atom stereocenters. The Labute approximate surface area is 115 Å². The van der Waals surface area contributed by atoms with E-state index in [-0.39, 0.29) is 11.5 Å². The first-order chi connectivity index (χ1) is 9.19. The molecule has 1 aromatic carbocycles. The molecular formula is C15H24N2O2. The van der Waals surface area contributed by atoms with E-state index in [2.05, 4.69) is 10.2 Å². The molecule has 0 aromatic heterocycles. The Morgan fingerprint density at radius 2 is 1.95 bits per heavy atom.